The Labute approximate surface area is 161 Å². The third-order valence-electron chi connectivity index (χ3n) is 5.10. The second-order valence-electron chi connectivity index (χ2n) is 7.29. The van der Waals surface area contributed by atoms with Crippen LogP contribution >= 0.6 is 0 Å². The van der Waals surface area contributed by atoms with E-state index in [0.717, 1.165) is 36.8 Å². The highest BCUT2D eigenvalue weighted by atomic mass is 16.2. The molecule has 0 bridgehead atoms. The maximum atomic E-state index is 12.9. The molecule has 1 aliphatic rings. The van der Waals surface area contributed by atoms with Crippen molar-refractivity contribution in [1.82, 2.24) is 10.2 Å². The molecule has 0 unspecified atom stereocenters. The highest BCUT2D eigenvalue weighted by Crippen LogP contribution is 2.17. The molecule has 2 aromatic rings. The number of nitrogens with one attached hydrogen (secondary N) is 1. The molecular formula is C23H28N2O2. The minimum absolute atomic E-state index is 0.124. The average Bonchev–Trinajstić information content (AvgIpc) is 2.97. The van der Waals surface area contributed by atoms with E-state index in [0.29, 0.717) is 13.1 Å². The SMILES string of the molecule is O=C(NC1CCCCCC1)C(=O)N(Cc1ccccc1)Cc1ccccc1. The fraction of sp³-hybridized carbons (Fsp3) is 0.391. The zero-order valence-electron chi connectivity index (χ0n) is 15.8. The summed E-state index contributed by atoms with van der Waals surface area (Å²) >= 11 is 0. The molecule has 0 atom stereocenters. The van der Waals surface area contributed by atoms with E-state index in [1.54, 1.807) is 4.90 Å². The Morgan fingerprint density at radius 1 is 0.778 bits per heavy atom. The lowest BCUT2D eigenvalue weighted by molar-refractivity contribution is -0.147. The third-order valence-corrected chi connectivity index (χ3v) is 5.10. The van der Waals surface area contributed by atoms with Crippen molar-refractivity contribution in [2.75, 3.05) is 0 Å². The van der Waals surface area contributed by atoms with Crippen molar-refractivity contribution in [2.45, 2.75) is 57.7 Å². The van der Waals surface area contributed by atoms with Gasteiger partial charge in [0, 0.05) is 19.1 Å². The topological polar surface area (TPSA) is 49.4 Å². The number of hydrogen-bond donors (Lipinski definition) is 1. The normalized spacial score (nSPS) is 15.0. The van der Waals surface area contributed by atoms with E-state index in [1.807, 2.05) is 60.7 Å². The van der Waals surface area contributed by atoms with E-state index in [9.17, 15) is 9.59 Å². The Morgan fingerprint density at radius 2 is 1.26 bits per heavy atom. The van der Waals surface area contributed by atoms with Crippen LogP contribution in [0, 0.1) is 0 Å². The standard InChI is InChI=1S/C23H28N2O2/c26-22(24-21-15-9-1-2-10-16-21)23(27)25(17-19-11-5-3-6-12-19)18-20-13-7-4-8-14-20/h3-8,11-14,21H,1-2,9-10,15-18H2,(H,24,26). The summed E-state index contributed by atoms with van der Waals surface area (Å²) in [6.07, 6.45) is 6.61. The van der Waals surface area contributed by atoms with Gasteiger partial charge in [-0.25, -0.2) is 0 Å². The molecule has 0 radical (unpaired) electrons. The zero-order valence-corrected chi connectivity index (χ0v) is 15.8. The second kappa shape index (κ2) is 9.91. The fourth-order valence-electron chi connectivity index (χ4n) is 3.62. The molecular weight excluding hydrogens is 336 g/mol. The summed E-state index contributed by atoms with van der Waals surface area (Å²) in [6, 6.07) is 19.7. The van der Waals surface area contributed by atoms with Crippen LogP contribution in [-0.2, 0) is 22.7 Å². The van der Waals surface area contributed by atoms with Gasteiger partial charge in [0.25, 0.3) is 0 Å². The van der Waals surface area contributed by atoms with Gasteiger partial charge >= 0.3 is 11.8 Å². The molecule has 0 spiro atoms. The second-order valence-corrected chi connectivity index (χ2v) is 7.29. The monoisotopic (exact) mass is 364 g/mol. The molecule has 1 saturated carbocycles. The Kier molecular flexibility index (Phi) is 7.03. The van der Waals surface area contributed by atoms with Gasteiger partial charge in [-0.15, -0.1) is 0 Å². The Balaban J connectivity index is 1.69. The van der Waals surface area contributed by atoms with Crippen LogP contribution < -0.4 is 5.32 Å². The van der Waals surface area contributed by atoms with Crippen molar-refractivity contribution in [1.29, 1.82) is 0 Å². The van der Waals surface area contributed by atoms with Crippen LogP contribution in [0.3, 0.4) is 0 Å². The molecule has 0 aromatic heterocycles. The largest absolute Gasteiger partial charge is 0.345 e. The lowest BCUT2D eigenvalue weighted by atomic mass is 10.1. The molecule has 0 heterocycles. The van der Waals surface area contributed by atoms with E-state index in [2.05, 4.69) is 5.32 Å². The molecule has 1 N–H and O–H groups in total. The summed E-state index contributed by atoms with van der Waals surface area (Å²) < 4.78 is 0. The fourth-order valence-corrected chi connectivity index (χ4v) is 3.62. The van der Waals surface area contributed by atoms with Crippen LogP contribution in [0.4, 0.5) is 0 Å². The van der Waals surface area contributed by atoms with Crippen molar-refractivity contribution in [3.8, 4) is 0 Å². The van der Waals surface area contributed by atoms with E-state index in [-0.39, 0.29) is 6.04 Å². The molecule has 2 amide bonds. The van der Waals surface area contributed by atoms with Gasteiger partial charge in [-0.3, -0.25) is 9.59 Å². The molecule has 0 aliphatic heterocycles. The minimum atomic E-state index is -0.478. The summed E-state index contributed by atoms with van der Waals surface area (Å²) in [5, 5.41) is 2.98. The number of carbonyl (C=O) groups excluding carboxylic acids is 2. The van der Waals surface area contributed by atoms with Crippen LogP contribution in [0.1, 0.15) is 49.7 Å². The number of hydrogen-bond acceptors (Lipinski definition) is 2. The van der Waals surface area contributed by atoms with Crippen LogP contribution in [0.5, 0.6) is 0 Å². The van der Waals surface area contributed by atoms with Crippen LogP contribution in [0.25, 0.3) is 0 Å². The van der Waals surface area contributed by atoms with Crippen molar-refractivity contribution >= 4 is 11.8 Å². The van der Waals surface area contributed by atoms with Crippen LogP contribution in [0.15, 0.2) is 60.7 Å². The summed E-state index contributed by atoms with van der Waals surface area (Å²) in [5.41, 5.74) is 2.04. The summed E-state index contributed by atoms with van der Waals surface area (Å²) in [5.74, 6) is -0.930. The number of amides is 2. The smallest absolute Gasteiger partial charge is 0.312 e. The van der Waals surface area contributed by atoms with Gasteiger partial charge < -0.3 is 10.2 Å². The van der Waals surface area contributed by atoms with Gasteiger partial charge in [0.15, 0.2) is 0 Å². The maximum absolute atomic E-state index is 12.9. The highest BCUT2D eigenvalue weighted by molar-refractivity contribution is 6.35. The molecule has 1 fully saturated rings. The van der Waals surface area contributed by atoms with Crippen LogP contribution in [0.2, 0.25) is 0 Å². The van der Waals surface area contributed by atoms with Crippen LogP contribution in [-0.4, -0.2) is 22.8 Å². The number of carbonyl (C=O) groups is 2. The predicted molar refractivity (Wildman–Crippen MR) is 107 cm³/mol. The van der Waals surface area contributed by atoms with E-state index >= 15 is 0 Å². The third kappa shape index (κ3) is 5.95. The zero-order chi connectivity index (χ0) is 18.9. The molecule has 4 nitrogen and oxygen atoms in total. The minimum Gasteiger partial charge on any atom is -0.345 e. The van der Waals surface area contributed by atoms with Crippen molar-refractivity contribution < 1.29 is 9.59 Å². The molecule has 4 heteroatoms. The summed E-state index contributed by atoms with van der Waals surface area (Å²) in [6.45, 7) is 0.847. The molecule has 2 aromatic carbocycles. The molecule has 27 heavy (non-hydrogen) atoms. The van der Waals surface area contributed by atoms with Gasteiger partial charge in [-0.1, -0.05) is 86.3 Å². The predicted octanol–water partition coefficient (Wildman–Crippen LogP) is 4.05. The Hall–Kier alpha value is -2.62. The first-order valence-corrected chi connectivity index (χ1v) is 9.90. The Bertz CT molecular complexity index is 681. The number of benzene rings is 2. The number of rotatable bonds is 5. The Morgan fingerprint density at radius 3 is 1.74 bits per heavy atom. The van der Waals surface area contributed by atoms with E-state index in [4.69, 9.17) is 0 Å². The summed E-state index contributed by atoms with van der Waals surface area (Å²) in [4.78, 5) is 27.2. The van der Waals surface area contributed by atoms with Crippen molar-refractivity contribution in [2.24, 2.45) is 0 Å². The van der Waals surface area contributed by atoms with Gasteiger partial charge in [0.1, 0.15) is 0 Å². The van der Waals surface area contributed by atoms with Gasteiger partial charge in [0.2, 0.25) is 0 Å². The molecule has 142 valence electrons. The quantitative estimate of drug-likeness (QED) is 0.643. The summed E-state index contributed by atoms with van der Waals surface area (Å²) in [7, 11) is 0. The number of nitrogens with zero attached hydrogens (tertiary/aromatic N) is 1. The average molecular weight is 364 g/mol. The van der Waals surface area contributed by atoms with E-state index < -0.39 is 11.8 Å². The molecule has 1 aliphatic carbocycles. The maximum Gasteiger partial charge on any atom is 0.312 e. The lowest BCUT2D eigenvalue weighted by Gasteiger charge is -2.24. The van der Waals surface area contributed by atoms with E-state index in [1.165, 1.54) is 12.8 Å². The lowest BCUT2D eigenvalue weighted by Crippen LogP contribution is -2.46. The first-order chi connectivity index (χ1) is 13.2. The van der Waals surface area contributed by atoms with Crippen molar-refractivity contribution in [3.63, 3.8) is 0 Å². The van der Waals surface area contributed by atoms with Crippen molar-refractivity contribution in [3.05, 3.63) is 71.8 Å². The van der Waals surface area contributed by atoms with Gasteiger partial charge in [-0.2, -0.15) is 0 Å². The molecule has 3 rings (SSSR count). The highest BCUT2D eigenvalue weighted by Gasteiger charge is 2.25. The first-order valence-electron chi connectivity index (χ1n) is 9.90. The molecule has 0 saturated heterocycles. The first kappa shape index (κ1) is 19.2. The van der Waals surface area contributed by atoms with Gasteiger partial charge in [-0.05, 0) is 24.0 Å². The van der Waals surface area contributed by atoms with Gasteiger partial charge in [0.05, 0.1) is 0 Å².